The second kappa shape index (κ2) is 8.52. The van der Waals surface area contributed by atoms with Crippen LogP contribution in [0.25, 0.3) is 10.6 Å². The summed E-state index contributed by atoms with van der Waals surface area (Å²) in [6.07, 6.45) is 0. The minimum Gasteiger partial charge on any atom is -0.465 e. The van der Waals surface area contributed by atoms with Gasteiger partial charge < -0.3 is 4.74 Å². The van der Waals surface area contributed by atoms with Crippen molar-refractivity contribution in [1.82, 2.24) is 4.98 Å². The van der Waals surface area contributed by atoms with Crippen LogP contribution in [-0.2, 0) is 14.8 Å². The first kappa shape index (κ1) is 21.3. The zero-order valence-electron chi connectivity index (χ0n) is 16.0. The van der Waals surface area contributed by atoms with E-state index in [0.717, 1.165) is 5.56 Å². The molecule has 0 unspecified atom stereocenters. The molecule has 0 aliphatic carbocycles. The Bertz CT molecular complexity index is 1140. The van der Waals surface area contributed by atoms with E-state index in [1.54, 1.807) is 37.4 Å². The molecule has 29 heavy (non-hydrogen) atoms. The lowest BCUT2D eigenvalue weighted by Crippen LogP contribution is -2.31. The molecule has 1 aromatic heterocycles. The number of aromatic nitrogens is 1. The molecular weight excluding hydrogens is 432 g/mol. The van der Waals surface area contributed by atoms with E-state index in [2.05, 4.69) is 4.98 Å². The fourth-order valence-electron chi connectivity index (χ4n) is 2.78. The van der Waals surface area contributed by atoms with Crippen molar-refractivity contribution >= 4 is 44.7 Å². The van der Waals surface area contributed by atoms with E-state index in [-0.39, 0.29) is 17.0 Å². The molecule has 0 aliphatic rings. The molecule has 0 radical (unpaired) electrons. The lowest BCUT2D eigenvalue weighted by Gasteiger charge is -2.21. The first-order valence-corrected chi connectivity index (χ1v) is 11.4. The smallest absolute Gasteiger partial charge is 0.338 e. The number of hydrogen-bond acceptors (Lipinski definition) is 6. The SMILES string of the molecule is CCN(c1csc(-c2ccc(Cl)cc2)n1)S(=O)(=O)c1ccc(C)c(C(=O)OC)c1. The van der Waals surface area contributed by atoms with Crippen LogP contribution in [0.4, 0.5) is 5.82 Å². The number of halogens is 1. The van der Waals surface area contributed by atoms with Gasteiger partial charge in [0.15, 0.2) is 5.82 Å². The van der Waals surface area contributed by atoms with Crippen LogP contribution < -0.4 is 4.31 Å². The first-order valence-electron chi connectivity index (χ1n) is 8.71. The van der Waals surface area contributed by atoms with Gasteiger partial charge >= 0.3 is 5.97 Å². The van der Waals surface area contributed by atoms with Gasteiger partial charge in [0.25, 0.3) is 10.0 Å². The van der Waals surface area contributed by atoms with E-state index in [1.165, 1.54) is 34.9 Å². The molecular formula is C20H19ClN2O4S2. The topological polar surface area (TPSA) is 76.6 Å². The van der Waals surface area contributed by atoms with Crippen molar-refractivity contribution in [2.45, 2.75) is 18.7 Å². The Morgan fingerprint density at radius 2 is 1.90 bits per heavy atom. The number of sulfonamides is 1. The second-order valence-corrected chi connectivity index (χ2v) is 9.31. The molecule has 0 fully saturated rings. The maximum Gasteiger partial charge on any atom is 0.338 e. The predicted octanol–water partition coefficient (Wildman–Crippen LogP) is 4.77. The minimum atomic E-state index is -3.91. The van der Waals surface area contributed by atoms with Crippen LogP contribution in [0.2, 0.25) is 5.02 Å². The third kappa shape index (κ3) is 4.29. The third-order valence-electron chi connectivity index (χ3n) is 4.33. The number of rotatable bonds is 6. The van der Waals surface area contributed by atoms with E-state index in [9.17, 15) is 13.2 Å². The molecule has 0 saturated carbocycles. The quantitative estimate of drug-likeness (QED) is 0.505. The summed E-state index contributed by atoms with van der Waals surface area (Å²) in [7, 11) is -2.65. The zero-order chi connectivity index (χ0) is 21.2. The maximum atomic E-state index is 13.2. The molecule has 0 bridgehead atoms. The first-order chi connectivity index (χ1) is 13.8. The third-order valence-corrected chi connectivity index (χ3v) is 7.33. The van der Waals surface area contributed by atoms with Crippen molar-refractivity contribution < 1.29 is 17.9 Å². The lowest BCUT2D eigenvalue weighted by molar-refractivity contribution is 0.0599. The number of thiazole rings is 1. The number of carbonyl (C=O) groups excluding carboxylic acids is 1. The van der Waals surface area contributed by atoms with E-state index in [0.29, 0.717) is 21.4 Å². The summed E-state index contributed by atoms with van der Waals surface area (Å²) < 4.78 is 32.5. The molecule has 152 valence electrons. The molecule has 0 saturated heterocycles. The monoisotopic (exact) mass is 450 g/mol. The molecule has 0 spiro atoms. The van der Waals surface area contributed by atoms with Gasteiger partial charge in [-0.1, -0.05) is 29.8 Å². The molecule has 2 aromatic carbocycles. The van der Waals surface area contributed by atoms with Crippen molar-refractivity contribution in [2.75, 3.05) is 18.0 Å². The summed E-state index contributed by atoms with van der Waals surface area (Å²) in [6.45, 7) is 3.64. The number of carbonyl (C=O) groups is 1. The summed E-state index contributed by atoms with van der Waals surface area (Å²) in [4.78, 5) is 16.5. The molecule has 3 rings (SSSR count). The van der Waals surface area contributed by atoms with Gasteiger partial charge in [-0.05, 0) is 43.7 Å². The van der Waals surface area contributed by atoms with Crippen LogP contribution in [0.3, 0.4) is 0 Å². The standard InChI is InChI=1S/C20H19ClN2O4S2/c1-4-23(18-12-28-19(22-18)14-6-8-15(21)9-7-14)29(25,26)16-10-5-13(2)17(11-16)20(24)27-3/h5-12H,4H2,1-3H3. The van der Waals surface area contributed by atoms with Crippen LogP contribution in [0.1, 0.15) is 22.8 Å². The summed E-state index contributed by atoms with van der Waals surface area (Å²) >= 11 is 7.27. The Kier molecular flexibility index (Phi) is 6.26. The minimum absolute atomic E-state index is 0.00592. The van der Waals surface area contributed by atoms with Crippen LogP contribution in [0.15, 0.2) is 52.7 Å². The van der Waals surface area contributed by atoms with E-state index in [1.807, 2.05) is 12.1 Å². The lowest BCUT2D eigenvalue weighted by atomic mass is 10.1. The second-order valence-electron chi connectivity index (χ2n) is 6.16. The molecule has 0 atom stereocenters. The van der Waals surface area contributed by atoms with Crippen molar-refractivity contribution in [1.29, 1.82) is 0 Å². The average molecular weight is 451 g/mol. The number of benzene rings is 2. The largest absolute Gasteiger partial charge is 0.465 e. The van der Waals surface area contributed by atoms with Crippen LogP contribution >= 0.6 is 22.9 Å². The molecule has 0 amide bonds. The number of methoxy groups -OCH3 is 1. The maximum absolute atomic E-state index is 13.2. The summed E-state index contributed by atoms with van der Waals surface area (Å²) in [6, 6.07) is 11.6. The summed E-state index contributed by atoms with van der Waals surface area (Å²) in [5, 5.41) is 2.99. The molecule has 3 aromatic rings. The summed E-state index contributed by atoms with van der Waals surface area (Å²) in [5.74, 6) is -0.260. The van der Waals surface area contributed by atoms with Crippen molar-refractivity contribution in [3.05, 3.63) is 64.0 Å². The van der Waals surface area contributed by atoms with Crippen LogP contribution in [0.5, 0.6) is 0 Å². The predicted molar refractivity (Wildman–Crippen MR) is 115 cm³/mol. The van der Waals surface area contributed by atoms with Gasteiger partial charge in [0.05, 0.1) is 17.6 Å². The van der Waals surface area contributed by atoms with E-state index >= 15 is 0 Å². The van der Waals surface area contributed by atoms with Crippen LogP contribution in [0, 0.1) is 6.92 Å². The fraction of sp³-hybridized carbons (Fsp3) is 0.200. The van der Waals surface area contributed by atoms with Crippen molar-refractivity contribution in [3.8, 4) is 10.6 Å². The van der Waals surface area contributed by atoms with Crippen LogP contribution in [-0.4, -0.2) is 33.0 Å². The Morgan fingerprint density at radius 3 is 2.52 bits per heavy atom. The Balaban J connectivity index is 1.99. The number of nitrogens with zero attached hydrogens (tertiary/aromatic N) is 2. The van der Waals surface area contributed by atoms with E-state index < -0.39 is 16.0 Å². The normalized spacial score (nSPS) is 11.3. The number of anilines is 1. The molecule has 9 heteroatoms. The highest BCUT2D eigenvalue weighted by Crippen LogP contribution is 2.31. The van der Waals surface area contributed by atoms with Gasteiger partial charge in [0.1, 0.15) is 5.01 Å². The summed E-state index contributed by atoms with van der Waals surface area (Å²) in [5.41, 5.74) is 1.70. The number of esters is 1. The fourth-order valence-corrected chi connectivity index (χ4v) is 5.23. The molecule has 6 nitrogen and oxygen atoms in total. The highest BCUT2D eigenvalue weighted by Gasteiger charge is 2.27. The Morgan fingerprint density at radius 1 is 1.21 bits per heavy atom. The van der Waals surface area contributed by atoms with Gasteiger partial charge in [-0.2, -0.15) is 0 Å². The van der Waals surface area contributed by atoms with Gasteiger partial charge in [-0.3, -0.25) is 0 Å². The van der Waals surface area contributed by atoms with Gasteiger partial charge in [-0.25, -0.2) is 22.5 Å². The molecule has 0 aliphatic heterocycles. The number of hydrogen-bond donors (Lipinski definition) is 0. The highest BCUT2D eigenvalue weighted by molar-refractivity contribution is 7.92. The van der Waals surface area contributed by atoms with Crippen molar-refractivity contribution in [3.63, 3.8) is 0 Å². The van der Waals surface area contributed by atoms with Gasteiger partial charge in [-0.15, -0.1) is 11.3 Å². The van der Waals surface area contributed by atoms with Crippen molar-refractivity contribution in [2.24, 2.45) is 0 Å². The Hall–Kier alpha value is -2.42. The van der Waals surface area contributed by atoms with Gasteiger partial charge in [0.2, 0.25) is 0 Å². The van der Waals surface area contributed by atoms with Gasteiger partial charge in [0, 0.05) is 22.5 Å². The molecule has 1 heterocycles. The Labute approximate surface area is 178 Å². The highest BCUT2D eigenvalue weighted by atomic mass is 35.5. The molecule has 0 N–H and O–H groups in total. The zero-order valence-corrected chi connectivity index (χ0v) is 18.4. The number of aryl methyl sites for hydroxylation is 1. The number of ether oxygens (including phenoxy) is 1. The average Bonchev–Trinajstić information content (AvgIpc) is 3.18. The van der Waals surface area contributed by atoms with E-state index in [4.69, 9.17) is 16.3 Å².